The highest BCUT2D eigenvalue weighted by Gasteiger charge is 2.11. The molecular weight excluding hydrogens is 392 g/mol. The summed E-state index contributed by atoms with van der Waals surface area (Å²) in [6.07, 6.45) is 3.80. The molecule has 1 heterocycles. The van der Waals surface area contributed by atoms with Gasteiger partial charge in [0.15, 0.2) is 6.61 Å². The molecule has 0 unspecified atom stereocenters. The fourth-order valence-corrected chi connectivity index (χ4v) is 2.88. The summed E-state index contributed by atoms with van der Waals surface area (Å²) in [7, 11) is 0. The SMILES string of the molecule is CCc1ccccc1OCC(=O)NNC(=O)c1cnn(Cc2ccccc2Cl)c1. The maximum Gasteiger partial charge on any atom is 0.276 e. The van der Waals surface area contributed by atoms with Crippen LogP contribution in [0.4, 0.5) is 0 Å². The van der Waals surface area contributed by atoms with Gasteiger partial charge < -0.3 is 4.74 Å². The Balaban J connectivity index is 1.48. The fraction of sp³-hybridized carbons (Fsp3) is 0.190. The van der Waals surface area contributed by atoms with Crippen molar-refractivity contribution in [2.45, 2.75) is 19.9 Å². The maximum absolute atomic E-state index is 12.2. The number of carbonyl (C=O) groups excluding carboxylic acids is 2. The summed E-state index contributed by atoms with van der Waals surface area (Å²) in [6, 6.07) is 14.9. The highest BCUT2D eigenvalue weighted by Crippen LogP contribution is 2.18. The molecule has 0 atom stereocenters. The van der Waals surface area contributed by atoms with E-state index in [4.69, 9.17) is 16.3 Å². The van der Waals surface area contributed by atoms with Gasteiger partial charge in [0.2, 0.25) is 0 Å². The third-order valence-corrected chi connectivity index (χ3v) is 4.58. The Kier molecular flexibility index (Phi) is 6.86. The summed E-state index contributed by atoms with van der Waals surface area (Å²) in [5, 5.41) is 4.79. The minimum absolute atomic E-state index is 0.205. The molecule has 2 N–H and O–H groups in total. The number of para-hydroxylation sites is 1. The van der Waals surface area contributed by atoms with Gasteiger partial charge in [0.25, 0.3) is 11.8 Å². The lowest BCUT2D eigenvalue weighted by atomic mass is 10.1. The first kappa shape index (κ1) is 20.4. The van der Waals surface area contributed by atoms with E-state index in [2.05, 4.69) is 16.0 Å². The van der Waals surface area contributed by atoms with E-state index < -0.39 is 11.8 Å². The molecule has 0 fully saturated rings. The molecule has 8 heteroatoms. The number of hydrogen-bond donors (Lipinski definition) is 2. The Hall–Kier alpha value is -3.32. The topological polar surface area (TPSA) is 85.2 Å². The molecule has 1 aromatic heterocycles. The number of ether oxygens (including phenoxy) is 1. The van der Waals surface area contributed by atoms with Gasteiger partial charge in [-0.25, -0.2) is 0 Å². The number of benzene rings is 2. The second-order valence-electron chi connectivity index (χ2n) is 6.27. The Morgan fingerprint density at radius 3 is 2.55 bits per heavy atom. The van der Waals surface area contributed by atoms with Crippen LogP contribution >= 0.6 is 11.6 Å². The lowest BCUT2D eigenvalue weighted by Gasteiger charge is -2.10. The van der Waals surface area contributed by atoms with Gasteiger partial charge in [-0.2, -0.15) is 5.10 Å². The fourth-order valence-electron chi connectivity index (χ4n) is 2.68. The highest BCUT2D eigenvalue weighted by molar-refractivity contribution is 6.31. The van der Waals surface area contributed by atoms with Crippen molar-refractivity contribution >= 4 is 23.4 Å². The summed E-state index contributed by atoms with van der Waals surface area (Å²) < 4.78 is 7.12. The van der Waals surface area contributed by atoms with E-state index in [1.807, 2.05) is 43.3 Å². The van der Waals surface area contributed by atoms with E-state index in [-0.39, 0.29) is 6.61 Å². The van der Waals surface area contributed by atoms with E-state index in [1.165, 1.54) is 6.20 Å². The average Bonchev–Trinajstić information content (AvgIpc) is 3.21. The third kappa shape index (κ3) is 5.58. The van der Waals surface area contributed by atoms with Crippen LogP contribution in [0.5, 0.6) is 5.75 Å². The molecule has 7 nitrogen and oxygen atoms in total. The van der Waals surface area contributed by atoms with Gasteiger partial charge in [-0.05, 0) is 29.7 Å². The predicted octanol–water partition coefficient (Wildman–Crippen LogP) is 2.99. The van der Waals surface area contributed by atoms with Gasteiger partial charge in [-0.1, -0.05) is 54.9 Å². The van der Waals surface area contributed by atoms with E-state index in [0.29, 0.717) is 22.9 Å². The van der Waals surface area contributed by atoms with Gasteiger partial charge in [-0.3, -0.25) is 25.1 Å². The predicted molar refractivity (Wildman–Crippen MR) is 110 cm³/mol. The molecule has 0 bridgehead atoms. The lowest BCUT2D eigenvalue weighted by molar-refractivity contribution is -0.123. The molecule has 0 spiro atoms. The summed E-state index contributed by atoms with van der Waals surface area (Å²) in [5.41, 5.74) is 6.90. The maximum atomic E-state index is 12.2. The van der Waals surface area contributed by atoms with E-state index in [1.54, 1.807) is 23.0 Å². The third-order valence-electron chi connectivity index (χ3n) is 4.21. The quantitative estimate of drug-likeness (QED) is 0.584. The number of nitrogens with zero attached hydrogens (tertiary/aromatic N) is 2. The molecule has 0 saturated carbocycles. The monoisotopic (exact) mass is 412 g/mol. The Morgan fingerprint density at radius 1 is 1.07 bits per heavy atom. The second kappa shape index (κ2) is 9.75. The van der Waals surface area contributed by atoms with Gasteiger partial charge in [0.1, 0.15) is 5.75 Å². The minimum Gasteiger partial charge on any atom is -0.483 e. The molecular formula is C21H21ClN4O3. The average molecular weight is 413 g/mol. The molecule has 3 aromatic rings. The van der Waals surface area contributed by atoms with Crippen molar-refractivity contribution in [3.8, 4) is 5.75 Å². The van der Waals surface area contributed by atoms with Crippen molar-refractivity contribution in [3.63, 3.8) is 0 Å². The van der Waals surface area contributed by atoms with Crippen LogP contribution in [0.2, 0.25) is 5.02 Å². The van der Waals surface area contributed by atoms with Crippen molar-refractivity contribution in [1.29, 1.82) is 0 Å². The molecule has 0 aliphatic heterocycles. The van der Waals surface area contributed by atoms with Crippen LogP contribution < -0.4 is 15.6 Å². The van der Waals surface area contributed by atoms with Crippen LogP contribution in [-0.2, 0) is 17.8 Å². The van der Waals surface area contributed by atoms with Gasteiger partial charge in [-0.15, -0.1) is 0 Å². The molecule has 0 aliphatic carbocycles. The molecule has 29 heavy (non-hydrogen) atoms. The molecule has 2 amide bonds. The number of halogens is 1. The first-order chi connectivity index (χ1) is 14.1. The zero-order chi connectivity index (χ0) is 20.6. The van der Waals surface area contributed by atoms with Crippen LogP contribution in [0.25, 0.3) is 0 Å². The highest BCUT2D eigenvalue weighted by atomic mass is 35.5. The van der Waals surface area contributed by atoms with Crippen molar-refractivity contribution in [2.24, 2.45) is 0 Å². The zero-order valence-electron chi connectivity index (χ0n) is 15.9. The van der Waals surface area contributed by atoms with E-state index in [0.717, 1.165) is 17.5 Å². The van der Waals surface area contributed by atoms with Crippen molar-refractivity contribution in [1.82, 2.24) is 20.6 Å². The molecule has 150 valence electrons. The molecule has 0 saturated heterocycles. The Bertz CT molecular complexity index is 1000. The summed E-state index contributed by atoms with van der Waals surface area (Å²) >= 11 is 6.14. The molecule has 0 aliphatic rings. The number of carbonyl (C=O) groups is 2. The summed E-state index contributed by atoms with van der Waals surface area (Å²) in [6.45, 7) is 2.24. The molecule has 2 aromatic carbocycles. The number of hydrogen-bond acceptors (Lipinski definition) is 4. The normalized spacial score (nSPS) is 10.4. The van der Waals surface area contributed by atoms with Crippen LogP contribution in [-0.4, -0.2) is 28.2 Å². The second-order valence-corrected chi connectivity index (χ2v) is 6.68. The smallest absolute Gasteiger partial charge is 0.276 e. The molecule has 3 rings (SSSR count). The van der Waals surface area contributed by atoms with Crippen LogP contribution in [0.1, 0.15) is 28.4 Å². The minimum atomic E-state index is -0.474. The van der Waals surface area contributed by atoms with Crippen LogP contribution in [0.3, 0.4) is 0 Å². The summed E-state index contributed by atoms with van der Waals surface area (Å²) in [4.78, 5) is 24.2. The van der Waals surface area contributed by atoms with Gasteiger partial charge in [0, 0.05) is 11.2 Å². The number of amides is 2. The molecule has 0 radical (unpaired) electrons. The van der Waals surface area contributed by atoms with Crippen LogP contribution in [0.15, 0.2) is 60.9 Å². The first-order valence-corrected chi connectivity index (χ1v) is 9.50. The number of rotatable bonds is 7. The number of aryl methyl sites for hydroxylation is 1. The number of nitrogens with one attached hydrogen (secondary N) is 2. The standard InChI is InChI=1S/C21H21ClN4O3/c1-2-15-7-4-6-10-19(15)29-14-20(27)24-25-21(28)17-11-23-26(13-17)12-16-8-3-5-9-18(16)22/h3-11,13H,2,12,14H2,1H3,(H,24,27)(H,25,28). The van der Waals surface area contributed by atoms with Crippen molar-refractivity contribution in [3.05, 3.63) is 82.6 Å². The zero-order valence-corrected chi connectivity index (χ0v) is 16.6. The lowest BCUT2D eigenvalue weighted by Crippen LogP contribution is -2.43. The van der Waals surface area contributed by atoms with E-state index in [9.17, 15) is 9.59 Å². The van der Waals surface area contributed by atoms with Crippen molar-refractivity contribution < 1.29 is 14.3 Å². The number of hydrazine groups is 1. The first-order valence-electron chi connectivity index (χ1n) is 9.12. The Labute approximate surface area is 173 Å². The van der Waals surface area contributed by atoms with Crippen LogP contribution in [0, 0.1) is 0 Å². The Morgan fingerprint density at radius 2 is 1.79 bits per heavy atom. The summed E-state index contributed by atoms with van der Waals surface area (Å²) in [5.74, 6) is -0.289. The number of aromatic nitrogens is 2. The van der Waals surface area contributed by atoms with Gasteiger partial charge >= 0.3 is 0 Å². The largest absolute Gasteiger partial charge is 0.483 e. The van der Waals surface area contributed by atoms with Crippen molar-refractivity contribution in [2.75, 3.05) is 6.61 Å². The van der Waals surface area contributed by atoms with Gasteiger partial charge in [0.05, 0.1) is 18.3 Å². The van der Waals surface area contributed by atoms with E-state index >= 15 is 0 Å².